The molecule has 0 aliphatic heterocycles. The fourth-order valence-corrected chi connectivity index (χ4v) is 4.32. The molecule has 0 saturated heterocycles. The Morgan fingerprint density at radius 3 is 2.50 bits per heavy atom. The molecule has 1 aliphatic rings. The number of rotatable bonds is 9. The van der Waals surface area contributed by atoms with E-state index in [-0.39, 0.29) is 31.0 Å². The SMILES string of the molecule is CC[C@H](C(=O)NC1CCCC1)N(Cc1ccccc1Cl)C(=O)COc1ccc(C)c(C)c1. The van der Waals surface area contributed by atoms with Gasteiger partial charge in [-0.05, 0) is 68.0 Å². The van der Waals surface area contributed by atoms with Gasteiger partial charge < -0.3 is 15.0 Å². The highest BCUT2D eigenvalue weighted by molar-refractivity contribution is 6.31. The average Bonchev–Trinajstić information content (AvgIpc) is 3.28. The third kappa shape index (κ3) is 6.26. The molecule has 1 saturated carbocycles. The summed E-state index contributed by atoms with van der Waals surface area (Å²) >= 11 is 6.37. The van der Waals surface area contributed by atoms with Gasteiger partial charge in [0.25, 0.3) is 5.91 Å². The second-order valence-corrected chi connectivity index (χ2v) is 8.97. The zero-order valence-electron chi connectivity index (χ0n) is 19.2. The number of hydrogen-bond acceptors (Lipinski definition) is 3. The molecule has 0 unspecified atom stereocenters. The fraction of sp³-hybridized carbons (Fsp3) is 0.462. The van der Waals surface area contributed by atoms with Crippen molar-refractivity contribution >= 4 is 23.4 Å². The normalized spacial score (nSPS) is 14.8. The van der Waals surface area contributed by atoms with Crippen LogP contribution in [0.2, 0.25) is 5.02 Å². The van der Waals surface area contributed by atoms with Crippen molar-refractivity contribution in [3.05, 3.63) is 64.2 Å². The lowest BCUT2D eigenvalue weighted by Gasteiger charge is -2.31. The van der Waals surface area contributed by atoms with Crippen molar-refractivity contribution < 1.29 is 14.3 Å². The maximum Gasteiger partial charge on any atom is 0.261 e. The van der Waals surface area contributed by atoms with E-state index in [2.05, 4.69) is 5.32 Å². The van der Waals surface area contributed by atoms with Crippen LogP contribution in [-0.4, -0.2) is 35.4 Å². The molecule has 1 aliphatic carbocycles. The van der Waals surface area contributed by atoms with Crippen LogP contribution in [0.1, 0.15) is 55.7 Å². The summed E-state index contributed by atoms with van der Waals surface area (Å²) in [5.74, 6) is 0.296. The highest BCUT2D eigenvalue weighted by atomic mass is 35.5. The Balaban J connectivity index is 1.77. The first-order chi connectivity index (χ1) is 15.4. The van der Waals surface area contributed by atoms with Crippen LogP contribution in [0.15, 0.2) is 42.5 Å². The molecule has 0 heterocycles. The Hall–Kier alpha value is -2.53. The van der Waals surface area contributed by atoms with E-state index in [1.807, 2.05) is 57.2 Å². The molecule has 6 heteroatoms. The molecule has 172 valence electrons. The van der Waals surface area contributed by atoms with E-state index in [9.17, 15) is 9.59 Å². The second kappa shape index (κ2) is 11.4. The van der Waals surface area contributed by atoms with Crippen LogP contribution in [0.4, 0.5) is 0 Å². The molecule has 0 radical (unpaired) electrons. The van der Waals surface area contributed by atoms with E-state index in [4.69, 9.17) is 16.3 Å². The highest BCUT2D eigenvalue weighted by Crippen LogP contribution is 2.22. The predicted molar refractivity (Wildman–Crippen MR) is 128 cm³/mol. The highest BCUT2D eigenvalue weighted by Gasteiger charge is 2.31. The summed E-state index contributed by atoms with van der Waals surface area (Å²) in [6, 6.07) is 12.8. The van der Waals surface area contributed by atoms with Crippen LogP contribution in [0.5, 0.6) is 5.75 Å². The molecule has 0 aromatic heterocycles. The van der Waals surface area contributed by atoms with Crippen LogP contribution >= 0.6 is 11.6 Å². The van der Waals surface area contributed by atoms with E-state index in [1.54, 1.807) is 11.0 Å². The number of halogens is 1. The van der Waals surface area contributed by atoms with Crippen molar-refractivity contribution in [2.24, 2.45) is 0 Å². The van der Waals surface area contributed by atoms with Gasteiger partial charge in [0.05, 0.1) is 0 Å². The monoisotopic (exact) mass is 456 g/mol. The lowest BCUT2D eigenvalue weighted by molar-refractivity contribution is -0.143. The summed E-state index contributed by atoms with van der Waals surface area (Å²) in [5.41, 5.74) is 3.07. The van der Waals surface area contributed by atoms with Gasteiger partial charge in [-0.3, -0.25) is 9.59 Å². The van der Waals surface area contributed by atoms with Crippen molar-refractivity contribution in [2.75, 3.05) is 6.61 Å². The molecule has 0 spiro atoms. The van der Waals surface area contributed by atoms with Gasteiger partial charge in [0, 0.05) is 17.6 Å². The quantitative estimate of drug-likeness (QED) is 0.564. The molecule has 1 atom stereocenters. The van der Waals surface area contributed by atoms with Crippen molar-refractivity contribution in [3.8, 4) is 5.75 Å². The van der Waals surface area contributed by atoms with Gasteiger partial charge in [0.15, 0.2) is 6.61 Å². The minimum Gasteiger partial charge on any atom is -0.484 e. The number of ether oxygens (including phenoxy) is 1. The molecule has 1 N–H and O–H groups in total. The lowest BCUT2D eigenvalue weighted by Crippen LogP contribution is -2.52. The summed E-state index contributed by atoms with van der Waals surface area (Å²) < 4.78 is 5.80. The zero-order chi connectivity index (χ0) is 23.1. The van der Waals surface area contributed by atoms with Gasteiger partial charge in [-0.2, -0.15) is 0 Å². The Labute approximate surface area is 196 Å². The first-order valence-corrected chi connectivity index (χ1v) is 11.8. The topological polar surface area (TPSA) is 58.6 Å². The summed E-state index contributed by atoms with van der Waals surface area (Å²) in [6.07, 6.45) is 4.77. The minimum absolute atomic E-state index is 0.106. The molecular weight excluding hydrogens is 424 g/mol. The molecule has 32 heavy (non-hydrogen) atoms. The summed E-state index contributed by atoms with van der Waals surface area (Å²) in [7, 11) is 0. The van der Waals surface area contributed by atoms with Gasteiger partial charge >= 0.3 is 0 Å². The summed E-state index contributed by atoms with van der Waals surface area (Å²) in [6.45, 7) is 6.08. The molecule has 0 bridgehead atoms. The number of benzene rings is 2. The second-order valence-electron chi connectivity index (χ2n) is 8.56. The van der Waals surface area contributed by atoms with E-state index >= 15 is 0 Å². The van der Waals surface area contributed by atoms with E-state index in [0.29, 0.717) is 17.2 Å². The first kappa shape index (κ1) is 24.1. The van der Waals surface area contributed by atoms with Crippen molar-refractivity contribution in [2.45, 2.75) is 71.5 Å². The summed E-state index contributed by atoms with van der Waals surface area (Å²) in [5, 5.41) is 3.72. The predicted octanol–water partition coefficient (Wildman–Crippen LogP) is 5.20. The molecule has 2 amide bonds. The van der Waals surface area contributed by atoms with Crippen molar-refractivity contribution in [3.63, 3.8) is 0 Å². The van der Waals surface area contributed by atoms with Crippen LogP contribution in [0, 0.1) is 13.8 Å². The number of nitrogens with one attached hydrogen (secondary N) is 1. The smallest absolute Gasteiger partial charge is 0.261 e. The Bertz CT molecular complexity index is 940. The fourth-order valence-electron chi connectivity index (χ4n) is 4.13. The lowest BCUT2D eigenvalue weighted by atomic mass is 10.1. The van der Waals surface area contributed by atoms with Crippen molar-refractivity contribution in [1.29, 1.82) is 0 Å². The van der Waals surface area contributed by atoms with Crippen LogP contribution < -0.4 is 10.1 Å². The van der Waals surface area contributed by atoms with E-state index in [0.717, 1.165) is 36.8 Å². The average molecular weight is 457 g/mol. The van der Waals surface area contributed by atoms with Gasteiger partial charge in [-0.25, -0.2) is 0 Å². The van der Waals surface area contributed by atoms with E-state index in [1.165, 1.54) is 5.56 Å². The zero-order valence-corrected chi connectivity index (χ0v) is 20.0. The first-order valence-electron chi connectivity index (χ1n) is 11.4. The van der Waals surface area contributed by atoms with E-state index < -0.39 is 6.04 Å². The van der Waals surface area contributed by atoms with Crippen LogP contribution in [0.3, 0.4) is 0 Å². The Morgan fingerprint density at radius 1 is 1.12 bits per heavy atom. The maximum absolute atomic E-state index is 13.3. The van der Waals surface area contributed by atoms with Crippen LogP contribution in [-0.2, 0) is 16.1 Å². The number of carbonyl (C=O) groups excluding carboxylic acids is 2. The molecule has 3 rings (SSSR count). The Morgan fingerprint density at radius 2 is 1.84 bits per heavy atom. The van der Waals surface area contributed by atoms with Gasteiger partial charge in [-0.15, -0.1) is 0 Å². The Kier molecular flexibility index (Phi) is 8.57. The standard InChI is InChI=1S/C26H33ClN2O3/c1-4-24(26(31)28-21-10-6-7-11-21)29(16-20-9-5-8-12-23(20)27)25(30)17-32-22-14-13-18(2)19(3)15-22/h5,8-9,12-15,21,24H,4,6-7,10-11,16-17H2,1-3H3,(H,28,31)/t24-/m1/s1. The molecule has 2 aromatic rings. The molecule has 1 fully saturated rings. The maximum atomic E-state index is 13.3. The van der Waals surface area contributed by atoms with Gasteiger partial charge in [0.1, 0.15) is 11.8 Å². The number of hydrogen-bond donors (Lipinski definition) is 1. The van der Waals surface area contributed by atoms with Gasteiger partial charge in [-0.1, -0.05) is 55.6 Å². The van der Waals surface area contributed by atoms with Crippen LogP contribution in [0.25, 0.3) is 0 Å². The number of nitrogens with zero attached hydrogens (tertiary/aromatic N) is 1. The number of amides is 2. The minimum atomic E-state index is -0.581. The van der Waals surface area contributed by atoms with Crippen molar-refractivity contribution in [1.82, 2.24) is 10.2 Å². The molecule has 2 aromatic carbocycles. The molecule has 5 nitrogen and oxygen atoms in total. The molecular formula is C26H33ClN2O3. The number of aryl methyl sites for hydroxylation is 2. The third-order valence-corrected chi connectivity index (χ3v) is 6.60. The largest absolute Gasteiger partial charge is 0.484 e. The summed E-state index contributed by atoms with van der Waals surface area (Å²) in [4.78, 5) is 28.0. The van der Waals surface area contributed by atoms with Gasteiger partial charge in [0.2, 0.25) is 5.91 Å². The number of carbonyl (C=O) groups is 2. The third-order valence-electron chi connectivity index (χ3n) is 6.23.